The number of urea groups is 1. The fraction of sp³-hybridized carbons (Fsp3) is 0.235. The second-order valence-electron chi connectivity index (χ2n) is 5.53. The van der Waals surface area contributed by atoms with Crippen LogP contribution in [0, 0.1) is 6.92 Å². The summed E-state index contributed by atoms with van der Waals surface area (Å²) < 4.78 is 12.1. The molecule has 0 aliphatic rings. The lowest BCUT2D eigenvalue weighted by Gasteiger charge is -2.19. The Morgan fingerprint density at radius 3 is 2.84 bits per heavy atom. The third-order valence-corrected chi connectivity index (χ3v) is 3.69. The van der Waals surface area contributed by atoms with E-state index in [1.807, 2.05) is 42.1 Å². The first-order valence-electron chi connectivity index (χ1n) is 7.69. The van der Waals surface area contributed by atoms with Crippen molar-refractivity contribution < 1.29 is 14.1 Å². The van der Waals surface area contributed by atoms with Crippen LogP contribution in [0.15, 0.2) is 47.2 Å². The molecule has 130 valence electrons. The van der Waals surface area contributed by atoms with Gasteiger partial charge in [0, 0.05) is 25.5 Å². The van der Waals surface area contributed by atoms with Gasteiger partial charge in [-0.1, -0.05) is 17.3 Å². The molecule has 3 aromatic rings. The number of carbonyl (C=O) groups excluding carboxylic acids is 1. The standard InChI is InChI=1S/C17H19N5O3/c1-11-9-14(21-25-11)19-17(23)20-15(16-18-7-8-22(16)2)12-5-4-6-13(10-12)24-3/h4-10,15H,1-3H3,(H2,19,20,21,23)/t15-/m1/s1. The largest absolute Gasteiger partial charge is 0.497 e. The average molecular weight is 341 g/mol. The van der Waals surface area contributed by atoms with Crippen molar-refractivity contribution >= 4 is 11.8 Å². The summed E-state index contributed by atoms with van der Waals surface area (Å²) in [7, 11) is 3.47. The van der Waals surface area contributed by atoms with Gasteiger partial charge in [0.2, 0.25) is 0 Å². The van der Waals surface area contributed by atoms with Gasteiger partial charge in [-0.05, 0) is 24.6 Å². The number of hydrogen-bond donors (Lipinski definition) is 2. The number of nitrogens with one attached hydrogen (secondary N) is 2. The summed E-state index contributed by atoms with van der Waals surface area (Å²) in [5.41, 5.74) is 0.847. The van der Waals surface area contributed by atoms with Crippen molar-refractivity contribution in [1.82, 2.24) is 20.0 Å². The number of anilines is 1. The van der Waals surface area contributed by atoms with Crippen LogP contribution in [0.4, 0.5) is 10.6 Å². The lowest BCUT2D eigenvalue weighted by Crippen LogP contribution is -2.34. The summed E-state index contributed by atoms with van der Waals surface area (Å²) in [6.45, 7) is 1.75. The molecule has 0 radical (unpaired) electrons. The van der Waals surface area contributed by atoms with Crippen LogP contribution in [0.5, 0.6) is 5.75 Å². The highest BCUT2D eigenvalue weighted by molar-refractivity contribution is 5.88. The van der Waals surface area contributed by atoms with Gasteiger partial charge < -0.3 is 19.1 Å². The summed E-state index contributed by atoms with van der Waals surface area (Å²) in [5.74, 6) is 2.36. The quantitative estimate of drug-likeness (QED) is 0.744. The highest BCUT2D eigenvalue weighted by atomic mass is 16.5. The Morgan fingerprint density at radius 2 is 2.20 bits per heavy atom. The third-order valence-electron chi connectivity index (χ3n) is 3.69. The van der Waals surface area contributed by atoms with Gasteiger partial charge in [0.15, 0.2) is 5.82 Å². The summed E-state index contributed by atoms with van der Waals surface area (Å²) >= 11 is 0. The van der Waals surface area contributed by atoms with Gasteiger partial charge in [0.05, 0.1) is 7.11 Å². The van der Waals surface area contributed by atoms with Gasteiger partial charge in [-0.15, -0.1) is 0 Å². The number of rotatable bonds is 5. The molecule has 2 N–H and O–H groups in total. The van der Waals surface area contributed by atoms with Gasteiger partial charge in [-0.2, -0.15) is 0 Å². The van der Waals surface area contributed by atoms with Crippen LogP contribution in [0.2, 0.25) is 0 Å². The molecule has 8 heteroatoms. The zero-order valence-corrected chi connectivity index (χ0v) is 14.2. The predicted molar refractivity (Wildman–Crippen MR) is 91.4 cm³/mol. The lowest BCUT2D eigenvalue weighted by molar-refractivity contribution is 0.249. The maximum absolute atomic E-state index is 12.4. The fourth-order valence-electron chi connectivity index (χ4n) is 2.48. The second kappa shape index (κ2) is 7.08. The van der Waals surface area contributed by atoms with Crippen LogP contribution in [0.3, 0.4) is 0 Å². The number of nitrogens with zero attached hydrogens (tertiary/aromatic N) is 3. The van der Waals surface area contributed by atoms with Crippen LogP contribution in [-0.4, -0.2) is 27.8 Å². The molecule has 0 aliphatic carbocycles. The van der Waals surface area contributed by atoms with E-state index in [1.165, 1.54) is 0 Å². The molecule has 1 aromatic carbocycles. The van der Waals surface area contributed by atoms with Crippen LogP contribution < -0.4 is 15.4 Å². The van der Waals surface area contributed by atoms with E-state index in [-0.39, 0.29) is 0 Å². The first-order chi connectivity index (χ1) is 12.1. The molecule has 1 atom stereocenters. The van der Waals surface area contributed by atoms with Crippen molar-refractivity contribution in [3.63, 3.8) is 0 Å². The second-order valence-corrected chi connectivity index (χ2v) is 5.53. The monoisotopic (exact) mass is 341 g/mol. The summed E-state index contributed by atoms with van der Waals surface area (Å²) in [4.78, 5) is 16.8. The van der Waals surface area contributed by atoms with E-state index in [0.717, 1.165) is 5.56 Å². The van der Waals surface area contributed by atoms with Crippen LogP contribution >= 0.6 is 0 Å². The average Bonchev–Trinajstić information content (AvgIpc) is 3.21. The summed E-state index contributed by atoms with van der Waals surface area (Å²) in [6, 6.07) is 8.25. The number of aromatic nitrogens is 3. The minimum atomic E-state index is -0.455. The maximum Gasteiger partial charge on any atom is 0.321 e. The molecular formula is C17H19N5O3. The number of benzene rings is 1. The first kappa shape index (κ1) is 16.6. The summed E-state index contributed by atoms with van der Waals surface area (Å²) in [5, 5.41) is 9.32. The molecule has 0 bridgehead atoms. The Labute approximate surface area is 144 Å². The molecule has 2 heterocycles. The van der Waals surface area contributed by atoms with Crippen molar-refractivity contribution in [3.8, 4) is 5.75 Å². The molecule has 2 aromatic heterocycles. The van der Waals surface area contributed by atoms with Crippen LogP contribution in [-0.2, 0) is 7.05 Å². The molecule has 25 heavy (non-hydrogen) atoms. The Hall–Kier alpha value is -3.29. The summed E-state index contributed by atoms with van der Waals surface area (Å²) in [6.07, 6.45) is 3.51. The number of carbonyl (C=O) groups is 1. The van der Waals surface area contributed by atoms with Gasteiger partial charge in [0.25, 0.3) is 0 Å². The molecule has 0 saturated carbocycles. The van der Waals surface area contributed by atoms with Gasteiger partial charge in [0.1, 0.15) is 23.4 Å². The molecule has 8 nitrogen and oxygen atoms in total. The van der Waals surface area contributed by atoms with E-state index in [4.69, 9.17) is 9.26 Å². The highest BCUT2D eigenvalue weighted by Crippen LogP contribution is 2.24. The van der Waals surface area contributed by atoms with Gasteiger partial charge in [-0.25, -0.2) is 9.78 Å². The number of methoxy groups -OCH3 is 1. The van der Waals surface area contributed by atoms with E-state index >= 15 is 0 Å². The minimum Gasteiger partial charge on any atom is -0.497 e. The van der Waals surface area contributed by atoms with Gasteiger partial charge >= 0.3 is 6.03 Å². The molecule has 0 unspecified atom stereocenters. The molecule has 2 amide bonds. The fourth-order valence-corrected chi connectivity index (χ4v) is 2.48. The van der Waals surface area contributed by atoms with Crippen molar-refractivity contribution in [2.75, 3.05) is 12.4 Å². The molecule has 3 rings (SSSR count). The SMILES string of the molecule is COc1cccc([C@@H](NC(=O)Nc2cc(C)on2)c2nccn2C)c1. The van der Waals surface area contributed by atoms with Crippen molar-refractivity contribution in [2.24, 2.45) is 7.05 Å². The number of hydrogen-bond acceptors (Lipinski definition) is 5. The molecule has 0 aliphatic heterocycles. The van der Waals surface area contributed by atoms with Crippen LogP contribution in [0.1, 0.15) is 23.2 Å². The smallest absolute Gasteiger partial charge is 0.321 e. The Bertz CT molecular complexity index is 871. The van der Waals surface area contributed by atoms with Crippen molar-refractivity contribution in [1.29, 1.82) is 0 Å². The van der Waals surface area contributed by atoms with E-state index in [0.29, 0.717) is 23.2 Å². The number of ether oxygens (including phenoxy) is 1. The van der Waals surface area contributed by atoms with Crippen molar-refractivity contribution in [3.05, 3.63) is 59.9 Å². The van der Waals surface area contributed by atoms with E-state index in [2.05, 4.69) is 20.8 Å². The van der Waals surface area contributed by atoms with Crippen molar-refractivity contribution in [2.45, 2.75) is 13.0 Å². The lowest BCUT2D eigenvalue weighted by atomic mass is 10.1. The van der Waals surface area contributed by atoms with Gasteiger partial charge in [-0.3, -0.25) is 5.32 Å². The third kappa shape index (κ3) is 3.79. The Balaban J connectivity index is 1.86. The molecular weight excluding hydrogens is 322 g/mol. The molecule has 0 fully saturated rings. The minimum absolute atomic E-state index is 0.347. The zero-order valence-electron chi connectivity index (χ0n) is 14.2. The molecule has 0 spiro atoms. The number of aryl methyl sites for hydroxylation is 2. The zero-order chi connectivity index (χ0) is 17.8. The van der Waals surface area contributed by atoms with E-state index in [9.17, 15) is 4.79 Å². The highest BCUT2D eigenvalue weighted by Gasteiger charge is 2.21. The Kier molecular flexibility index (Phi) is 4.69. The molecule has 0 saturated heterocycles. The number of imidazole rings is 1. The topological polar surface area (TPSA) is 94.2 Å². The van der Waals surface area contributed by atoms with Crippen LogP contribution in [0.25, 0.3) is 0 Å². The normalized spacial score (nSPS) is 11.8. The predicted octanol–water partition coefficient (Wildman–Crippen LogP) is 2.64. The number of amides is 2. The Morgan fingerprint density at radius 1 is 1.36 bits per heavy atom. The van der Waals surface area contributed by atoms with E-state index in [1.54, 1.807) is 26.3 Å². The first-order valence-corrected chi connectivity index (χ1v) is 7.69. The maximum atomic E-state index is 12.4. The van der Waals surface area contributed by atoms with E-state index < -0.39 is 12.1 Å².